The summed E-state index contributed by atoms with van der Waals surface area (Å²) in [5, 5.41) is 5.73. The van der Waals surface area contributed by atoms with Crippen molar-refractivity contribution in [2.75, 3.05) is 12.4 Å². The molecular formula is C21H23N3O2S. The van der Waals surface area contributed by atoms with Gasteiger partial charge in [-0.15, -0.1) is 11.3 Å². The number of carbonyl (C=O) groups excluding carboxylic acids is 1. The third-order valence-electron chi connectivity index (χ3n) is 4.14. The van der Waals surface area contributed by atoms with Crippen LogP contribution in [0.15, 0.2) is 48.1 Å². The molecule has 27 heavy (non-hydrogen) atoms. The highest BCUT2D eigenvalue weighted by Crippen LogP contribution is 2.31. The molecule has 0 saturated carbocycles. The SMILES string of the molecule is COc1ccc(C(C)(C)C)cc1NC(=O)Cc1csc(-c2cccnc2)n1. The summed E-state index contributed by atoms with van der Waals surface area (Å²) in [4.78, 5) is 21.2. The van der Waals surface area contributed by atoms with Crippen molar-refractivity contribution in [3.8, 4) is 16.3 Å². The maximum Gasteiger partial charge on any atom is 0.230 e. The van der Waals surface area contributed by atoms with Crippen LogP contribution >= 0.6 is 11.3 Å². The topological polar surface area (TPSA) is 64.1 Å². The number of amides is 1. The van der Waals surface area contributed by atoms with Crippen LogP contribution < -0.4 is 10.1 Å². The van der Waals surface area contributed by atoms with Crippen LogP contribution in [0.4, 0.5) is 5.69 Å². The number of nitrogens with one attached hydrogen (secondary N) is 1. The van der Waals surface area contributed by atoms with Gasteiger partial charge < -0.3 is 10.1 Å². The third-order valence-corrected chi connectivity index (χ3v) is 5.08. The van der Waals surface area contributed by atoms with E-state index in [9.17, 15) is 4.79 Å². The Balaban J connectivity index is 1.74. The molecular weight excluding hydrogens is 358 g/mol. The zero-order valence-corrected chi connectivity index (χ0v) is 16.8. The fourth-order valence-corrected chi connectivity index (χ4v) is 3.45. The van der Waals surface area contributed by atoms with E-state index < -0.39 is 0 Å². The molecule has 1 amide bonds. The van der Waals surface area contributed by atoms with Crippen molar-refractivity contribution in [3.63, 3.8) is 0 Å². The molecule has 1 aromatic carbocycles. The van der Waals surface area contributed by atoms with Crippen LogP contribution in [0.25, 0.3) is 10.6 Å². The van der Waals surface area contributed by atoms with Gasteiger partial charge in [0, 0.05) is 23.3 Å². The number of nitrogens with zero attached hydrogens (tertiary/aromatic N) is 2. The van der Waals surface area contributed by atoms with Crippen LogP contribution in [0.5, 0.6) is 5.75 Å². The molecule has 0 spiro atoms. The largest absolute Gasteiger partial charge is 0.495 e. The molecule has 0 atom stereocenters. The molecule has 0 fully saturated rings. The lowest BCUT2D eigenvalue weighted by atomic mass is 9.87. The highest BCUT2D eigenvalue weighted by atomic mass is 32.1. The standard InChI is InChI=1S/C21H23N3O2S/c1-21(2,3)15-7-8-18(26-4)17(10-15)24-19(25)11-16-13-27-20(23-16)14-6-5-9-22-12-14/h5-10,12-13H,11H2,1-4H3,(H,24,25). The molecule has 0 aliphatic carbocycles. The second-order valence-electron chi connectivity index (χ2n) is 7.28. The van der Waals surface area contributed by atoms with Gasteiger partial charge in [-0.25, -0.2) is 4.98 Å². The number of rotatable bonds is 5. The number of anilines is 1. The number of ether oxygens (including phenoxy) is 1. The number of hydrogen-bond donors (Lipinski definition) is 1. The van der Waals surface area contributed by atoms with E-state index in [1.54, 1.807) is 19.5 Å². The Kier molecular flexibility index (Phi) is 5.56. The van der Waals surface area contributed by atoms with E-state index in [1.165, 1.54) is 11.3 Å². The summed E-state index contributed by atoms with van der Waals surface area (Å²) in [7, 11) is 1.60. The fraction of sp³-hybridized carbons (Fsp3) is 0.286. The normalized spacial score (nSPS) is 11.3. The number of aromatic nitrogens is 2. The summed E-state index contributed by atoms with van der Waals surface area (Å²) in [5.74, 6) is 0.521. The molecule has 0 unspecified atom stereocenters. The van der Waals surface area contributed by atoms with Crippen LogP contribution in [-0.2, 0) is 16.6 Å². The maximum atomic E-state index is 12.5. The molecule has 0 aliphatic rings. The average Bonchev–Trinajstić information content (AvgIpc) is 3.10. The highest BCUT2D eigenvalue weighted by molar-refractivity contribution is 7.13. The Bertz CT molecular complexity index is 930. The Morgan fingerprint density at radius 3 is 2.74 bits per heavy atom. The van der Waals surface area contributed by atoms with E-state index in [4.69, 9.17) is 4.74 Å². The second kappa shape index (κ2) is 7.88. The molecule has 2 aromatic heterocycles. The summed E-state index contributed by atoms with van der Waals surface area (Å²) in [5.41, 5.74) is 3.49. The monoisotopic (exact) mass is 381 g/mol. The molecule has 1 N–H and O–H groups in total. The molecule has 6 heteroatoms. The second-order valence-corrected chi connectivity index (χ2v) is 8.13. The molecule has 3 aromatic rings. The molecule has 0 bridgehead atoms. The maximum absolute atomic E-state index is 12.5. The van der Waals surface area contributed by atoms with Crippen molar-refractivity contribution >= 4 is 22.9 Å². The number of hydrogen-bond acceptors (Lipinski definition) is 5. The Hall–Kier alpha value is -2.73. The van der Waals surface area contributed by atoms with Gasteiger partial charge in [-0.3, -0.25) is 9.78 Å². The van der Waals surface area contributed by atoms with E-state index in [-0.39, 0.29) is 17.7 Å². The van der Waals surface area contributed by atoms with Crippen LogP contribution in [-0.4, -0.2) is 23.0 Å². The smallest absolute Gasteiger partial charge is 0.230 e. The van der Waals surface area contributed by atoms with Gasteiger partial charge in [0.1, 0.15) is 10.8 Å². The summed E-state index contributed by atoms with van der Waals surface area (Å²) in [6.07, 6.45) is 3.70. The van der Waals surface area contributed by atoms with Gasteiger partial charge in [0.2, 0.25) is 5.91 Å². The Morgan fingerprint density at radius 2 is 2.07 bits per heavy atom. The summed E-state index contributed by atoms with van der Waals surface area (Å²) in [6.45, 7) is 6.40. The van der Waals surface area contributed by atoms with Crippen molar-refractivity contribution in [1.29, 1.82) is 0 Å². The zero-order valence-electron chi connectivity index (χ0n) is 15.9. The van der Waals surface area contributed by atoms with Crippen LogP contribution in [0.1, 0.15) is 32.0 Å². The quantitative estimate of drug-likeness (QED) is 0.696. The van der Waals surface area contributed by atoms with Gasteiger partial charge >= 0.3 is 0 Å². The number of carbonyl (C=O) groups is 1. The predicted octanol–water partition coefficient (Wildman–Crippen LogP) is 4.69. The van der Waals surface area contributed by atoms with Gasteiger partial charge in [0.25, 0.3) is 0 Å². The van der Waals surface area contributed by atoms with Crippen molar-refractivity contribution in [2.45, 2.75) is 32.6 Å². The summed E-state index contributed by atoms with van der Waals surface area (Å²) in [6, 6.07) is 9.71. The van der Waals surface area contributed by atoms with Gasteiger partial charge in [0.05, 0.1) is 24.9 Å². The number of thiazole rings is 1. The average molecular weight is 382 g/mol. The minimum Gasteiger partial charge on any atom is -0.495 e. The number of pyridine rings is 1. The fourth-order valence-electron chi connectivity index (χ4n) is 2.64. The lowest BCUT2D eigenvalue weighted by Crippen LogP contribution is -2.17. The van der Waals surface area contributed by atoms with Gasteiger partial charge in [0.15, 0.2) is 0 Å². The summed E-state index contributed by atoms with van der Waals surface area (Å²) >= 11 is 1.51. The highest BCUT2D eigenvalue weighted by Gasteiger charge is 2.17. The minimum absolute atomic E-state index is 0.0146. The van der Waals surface area contributed by atoms with Crippen molar-refractivity contribution in [3.05, 3.63) is 59.4 Å². The molecule has 0 radical (unpaired) electrons. The zero-order chi connectivity index (χ0) is 19.4. The van der Waals surface area contributed by atoms with Crippen molar-refractivity contribution in [1.82, 2.24) is 9.97 Å². The van der Waals surface area contributed by atoms with Crippen LogP contribution in [0.2, 0.25) is 0 Å². The van der Waals surface area contributed by atoms with Crippen LogP contribution in [0, 0.1) is 0 Å². The first-order chi connectivity index (χ1) is 12.9. The van der Waals surface area contributed by atoms with E-state index in [1.807, 2.05) is 35.7 Å². The van der Waals surface area contributed by atoms with Crippen molar-refractivity contribution < 1.29 is 9.53 Å². The molecule has 5 nitrogen and oxygen atoms in total. The van der Waals surface area contributed by atoms with E-state index in [0.29, 0.717) is 11.4 Å². The third kappa shape index (κ3) is 4.71. The Morgan fingerprint density at radius 1 is 1.26 bits per heavy atom. The molecule has 2 heterocycles. The number of benzene rings is 1. The van der Waals surface area contributed by atoms with E-state index >= 15 is 0 Å². The lowest BCUT2D eigenvalue weighted by Gasteiger charge is -2.21. The van der Waals surface area contributed by atoms with E-state index in [2.05, 4.69) is 36.1 Å². The van der Waals surface area contributed by atoms with Crippen LogP contribution in [0.3, 0.4) is 0 Å². The lowest BCUT2D eigenvalue weighted by molar-refractivity contribution is -0.115. The van der Waals surface area contributed by atoms with Gasteiger partial charge in [-0.2, -0.15) is 0 Å². The van der Waals surface area contributed by atoms with E-state index in [0.717, 1.165) is 21.8 Å². The first-order valence-electron chi connectivity index (χ1n) is 8.70. The molecule has 0 aliphatic heterocycles. The Labute approximate surface area is 163 Å². The molecule has 3 rings (SSSR count). The van der Waals surface area contributed by atoms with Gasteiger partial charge in [-0.05, 0) is 35.2 Å². The first-order valence-corrected chi connectivity index (χ1v) is 9.58. The first kappa shape index (κ1) is 19.0. The minimum atomic E-state index is -0.123. The number of methoxy groups -OCH3 is 1. The predicted molar refractivity (Wildman–Crippen MR) is 109 cm³/mol. The molecule has 140 valence electrons. The van der Waals surface area contributed by atoms with Gasteiger partial charge in [-0.1, -0.05) is 26.8 Å². The molecule has 0 saturated heterocycles. The summed E-state index contributed by atoms with van der Waals surface area (Å²) < 4.78 is 5.39. The van der Waals surface area contributed by atoms with Crippen molar-refractivity contribution in [2.24, 2.45) is 0 Å².